The van der Waals surface area contributed by atoms with Crippen molar-refractivity contribution in [3.63, 3.8) is 0 Å². The van der Waals surface area contributed by atoms with Crippen LogP contribution in [-0.2, 0) is 10.8 Å². The molecule has 0 amide bonds. The Balaban J connectivity index is 1.08. The highest BCUT2D eigenvalue weighted by Gasteiger charge is 2.45. The molecule has 13 rings (SSSR count). The summed E-state index contributed by atoms with van der Waals surface area (Å²) < 4.78 is 17.4. The summed E-state index contributed by atoms with van der Waals surface area (Å²) in [5.41, 5.74) is 15.8. The van der Waals surface area contributed by atoms with Crippen molar-refractivity contribution >= 4 is 87.5 Å². The van der Waals surface area contributed by atoms with E-state index < -0.39 is 0 Å². The summed E-state index contributed by atoms with van der Waals surface area (Å²) in [5.74, 6) is 0. The molecule has 0 radical (unpaired) electrons. The van der Waals surface area contributed by atoms with Crippen molar-refractivity contribution in [2.24, 2.45) is 0 Å². The number of fused-ring (bicyclic) bond motifs is 16. The van der Waals surface area contributed by atoms with Gasteiger partial charge in [-0.15, -0.1) is 0 Å². The molecule has 0 saturated heterocycles. The minimum absolute atomic E-state index is 0.300. The molecule has 4 aromatic heterocycles. The Kier molecular flexibility index (Phi) is 6.01. The van der Waals surface area contributed by atoms with Crippen LogP contribution in [0.4, 0.5) is 0 Å². The fourth-order valence-electron chi connectivity index (χ4n) is 11.0. The molecule has 58 heavy (non-hydrogen) atoms. The summed E-state index contributed by atoms with van der Waals surface area (Å²) in [7, 11) is 0. The minimum atomic E-state index is -0.300. The van der Waals surface area contributed by atoms with E-state index in [9.17, 15) is 0 Å². The van der Waals surface area contributed by atoms with Gasteiger partial charge in [0.1, 0.15) is 22.3 Å². The van der Waals surface area contributed by atoms with Gasteiger partial charge in [-0.25, -0.2) is 0 Å². The van der Waals surface area contributed by atoms with Crippen molar-refractivity contribution in [2.45, 2.75) is 38.5 Å². The molecule has 0 saturated carbocycles. The van der Waals surface area contributed by atoms with Crippen LogP contribution in [0, 0.1) is 0 Å². The van der Waals surface area contributed by atoms with Crippen molar-refractivity contribution in [1.82, 2.24) is 9.13 Å². The van der Waals surface area contributed by atoms with Gasteiger partial charge in [-0.05, 0) is 95.1 Å². The minimum Gasteiger partial charge on any atom is -0.456 e. The third-order valence-electron chi connectivity index (χ3n) is 13.5. The van der Waals surface area contributed by atoms with E-state index in [1.807, 2.05) is 12.1 Å². The zero-order valence-corrected chi connectivity index (χ0v) is 32.7. The third kappa shape index (κ3) is 3.94. The Morgan fingerprint density at radius 2 is 0.724 bits per heavy atom. The van der Waals surface area contributed by atoms with Crippen molar-refractivity contribution < 1.29 is 8.83 Å². The molecular formula is C54H38N2O2. The first-order valence-electron chi connectivity index (χ1n) is 20.3. The molecular weight excluding hydrogens is 709 g/mol. The number of hydrogen-bond donors (Lipinski definition) is 0. The molecule has 0 bridgehead atoms. The molecule has 276 valence electrons. The van der Waals surface area contributed by atoms with E-state index in [2.05, 4.69) is 182 Å². The summed E-state index contributed by atoms with van der Waals surface area (Å²) in [5, 5.41) is 9.76. The lowest BCUT2D eigenvalue weighted by molar-refractivity contribution is 0.529. The lowest BCUT2D eigenvalue weighted by Crippen LogP contribution is -2.37. The van der Waals surface area contributed by atoms with Crippen molar-refractivity contribution in [3.05, 3.63) is 180 Å². The number of nitrogens with zero attached hydrogens (tertiary/aromatic N) is 2. The second kappa shape index (κ2) is 10.9. The Bertz CT molecular complexity index is 3500. The quantitative estimate of drug-likeness (QED) is 0.177. The summed E-state index contributed by atoms with van der Waals surface area (Å²) >= 11 is 0. The molecule has 0 fully saturated rings. The van der Waals surface area contributed by atoms with Crippen LogP contribution in [0.15, 0.2) is 167 Å². The largest absolute Gasteiger partial charge is 0.456 e. The molecule has 8 aromatic carbocycles. The van der Waals surface area contributed by atoms with Crippen LogP contribution in [0.1, 0.15) is 49.9 Å². The monoisotopic (exact) mass is 746 g/mol. The Morgan fingerprint density at radius 3 is 1.17 bits per heavy atom. The van der Waals surface area contributed by atoms with Crippen LogP contribution >= 0.6 is 0 Å². The smallest absolute Gasteiger partial charge is 0.135 e. The number of furan rings is 2. The number of hydrogen-bond acceptors (Lipinski definition) is 2. The second-order valence-corrected chi connectivity index (χ2v) is 17.3. The highest BCUT2D eigenvalue weighted by Crippen LogP contribution is 2.56. The molecule has 1 aliphatic rings. The fourth-order valence-corrected chi connectivity index (χ4v) is 11.0. The first kappa shape index (κ1) is 32.1. The highest BCUT2D eigenvalue weighted by atomic mass is 16.3. The Morgan fingerprint density at radius 1 is 0.345 bits per heavy atom. The summed E-state index contributed by atoms with van der Waals surface area (Å²) in [6, 6.07) is 57.5. The number of para-hydroxylation sites is 4. The van der Waals surface area contributed by atoms with Crippen LogP contribution in [0.25, 0.3) is 98.9 Å². The highest BCUT2D eigenvalue weighted by molar-refractivity contribution is 6.16. The predicted molar refractivity (Wildman–Crippen MR) is 240 cm³/mol. The molecule has 1 aliphatic carbocycles. The van der Waals surface area contributed by atoms with Gasteiger partial charge >= 0.3 is 0 Å². The Labute approximate surface area is 334 Å². The van der Waals surface area contributed by atoms with Gasteiger partial charge in [0, 0.05) is 65.3 Å². The van der Waals surface area contributed by atoms with E-state index in [1.165, 1.54) is 65.9 Å². The van der Waals surface area contributed by atoms with Gasteiger partial charge in [-0.2, -0.15) is 0 Å². The molecule has 0 unspecified atom stereocenters. The average molecular weight is 747 g/mol. The van der Waals surface area contributed by atoms with Gasteiger partial charge < -0.3 is 18.0 Å². The lowest BCUT2D eigenvalue weighted by Gasteiger charge is -2.45. The van der Waals surface area contributed by atoms with Crippen molar-refractivity contribution in [2.75, 3.05) is 0 Å². The Hall–Kier alpha value is -7.04. The fraction of sp³-hybridized carbons (Fsp3) is 0.111. The zero-order valence-electron chi connectivity index (χ0n) is 32.7. The van der Waals surface area contributed by atoms with Crippen LogP contribution in [0.5, 0.6) is 0 Å². The van der Waals surface area contributed by atoms with Gasteiger partial charge in [0.15, 0.2) is 0 Å². The first-order chi connectivity index (χ1) is 28.3. The summed E-state index contributed by atoms with van der Waals surface area (Å²) in [6.07, 6.45) is 0. The number of aromatic nitrogens is 2. The van der Waals surface area contributed by atoms with Crippen molar-refractivity contribution in [3.8, 4) is 11.4 Å². The standard InChI is InChI=1S/C54H38N2O2/c1-53(2)39-23-25-44-50(36-16-6-10-18-42(36)56(44)32-22-28-48-38(30-32)34-14-8-12-20-46(34)58-48)52(39)54(3,4)40-24-26-43-49(51(40)53)35-15-5-9-17-41(35)55(43)31-21-27-47-37(29-31)33-13-7-11-19-45(33)57-47/h5-30H,1-4H3. The molecule has 4 heteroatoms. The third-order valence-corrected chi connectivity index (χ3v) is 13.5. The number of rotatable bonds is 2. The molecule has 0 aliphatic heterocycles. The van der Waals surface area contributed by atoms with E-state index in [4.69, 9.17) is 8.83 Å². The molecule has 12 aromatic rings. The molecule has 0 N–H and O–H groups in total. The van der Waals surface area contributed by atoms with E-state index in [0.29, 0.717) is 0 Å². The maximum absolute atomic E-state index is 6.26. The predicted octanol–water partition coefficient (Wildman–Crippen LogP) is 14.6. The normalized spacial score (nSPS) is 14.8. The first-order valence-corrected chi connectivity index (χ1v) is 20.3. The van der Waals surface area contributed by atoms with Gasteiger partial charge in [0.05, 0.1) is 22.1 Å². The zero-order chi connectivity index (χ0) is 38.7. The second-order valence-electron chi connectivity index (χ2n) is 17.3. The van der Waals surface area contributed by atoms with Crippen LogP contribution in [-0.4, -0.2) is 9.13 Å². The van der Waals surface area contributed by atoms with Gasteiger partial charge in [0.25, 0.3) is 0 Å². The molecule has 4 nitrogen and oxygen atoms in total. The molecule has 0 atom stereocenters. The van der Waals surface area contributed by atoms with Crippen molar-refractivity contribution in [1.29, 1.82) is 0 Å². The van der Waals surface area contributed by atoms with Crippen LogP contribution in [0.2, 0.25) is 0 Å². The maximum Gasteiger partial charge on any atom is 0.135 e. The van der Waals surface area contributed by atoms with E-state index >= 15 is 0 Å². The van der Waals surface area contributed by atoms with Gasteiger partial charge in [-0.1, -0.05) is 113 Å². The lowest BCUT2D eigenvalue weighted by atomic mass is 9.58. The van der Waals surface area contributed by atoms with Crippen LogP contribution < -0.4 is 0 Å². The maximum atomic E-state index is 6.26. The topological polar surface area (TPSA) is 36.1 Å². The molecule has 0 spiro atoms. The van der Waals surface area contributed by atoms with E-state index in [1.54, 1.807) is 0 Å². The molecule has 4 heterocycles. The summed E-state index contributed by atoms with van der Waals surface area (Å²) in [6.45, 7) is 9.77. The van der Waals surface area contributed by atoms with Crippen LogP contribution in [0.3, 0.4) is 0 Å². The van der Waals surface area contributed by atoms with E-state index in [-0.39, 0.29) is 10.8 Å². The average Bonchev–Trinajstić information content (AvgIpc) is 3.99. The number of benzene rings is 8. The van der Waals surface area contributed by atoms with E-state index in [0.717, 1.165) is 55.3 Å². The summed E-state index contributed by atoms with van der Waals surface area (Å²) in [4.78, 5) is 0. The van der Waals surface area contributed by atoms with Gasteiger partial charge in [0.2, 0.25) is 0 Å². The van der Waals surface area contributed by atoms with Gasteiger partial charge in [-0.3, -0.25) is 0 Å². The SMILES string of the molecule is CC1(C)c2ccc3c(c2C(C)(C)c2ccc4c(c21)c1ccccc1n4-c1ccc2oc4ccccc4c2c1)c1ccccc1n3-c1ccc2oc3ccccc3c2c1.